The van der Waals surface area contributed by atoms with Gasteiger partial charge in [-0.2, -0.15) is 11.8 Å². The minimum Gasteiger partial charge on any atom is -0.477 e. The number of carbonyl (C=O) groups is 1. The van der Waals surface area contributed by atoms with Crippen molar-refractivity contribution in [2.45, 2.75) is 87.8 Å². The molecule has 2 heterocycles. The van der Waals surface area contributed by atoms with Crippen LogP contribution in [0.15, 0.2) is 6.07 Å². The topological polar surface area (TPSA) is 49.3 Å². The fourth-order valence-corrected chi connectivity index (χ4v) is 6.29. The molecule has 0 atom stereocenters. The fraction of sp³-hybridized carbons (Fsp3) is 0.737. The second kappa shape index (κ2) is 9.25. The van der Waals surface area contributed by atoms with Crippen molar-refractivity contribution in [2.24, 2.45) is 0 Å². The highest BCUT2D eigenvalue weighted by Gasteiger charge is 2.19. The molecule has 1 aliphatic heterocycles. The van der Waals surface area contributed by atoms with Crippen molar-refractivity contribution >= 4 is 29.1 Å². The predicted octanol–water partition coefficient (Wildman–Crippen LogP) is 5.43. The molecule has 5 heteroatoms. The summed E-state index contributed by atoms with van der Waals surface area (Å²) in [6, 6.07) is 3.54. The van der Waals surface area contributed by atoms with E-state index in [1.807, 2.05) is 11.8 Å². The Bertz CT molecular complexity index is 494. The molecular weight excluding hydrogens is 338 g/mol. The zero-order valence-electron chi connectivity index (χ0n) is 14.4. The summed E-state index contributed by atoms with van der Waals surface area (Å²) in [6.07, 6.45) is 14.6. The van der Waals surface area contributed by atoms with E-state index in [0.29, 0.717) is 4.88 Å². The lowest BCUT2D eigenvalue weighted by atomic mass is 9.91. The third-order valence-electron chi connectivity index (χ3n) is 5.28. The van der Waals surface area contributed by atoms with Crippen molar-refractivity contribution in [3.8, 4) is 0 Å². The van der Waals surface area contributed by atoms with Gasteiger partial charge >= 0.3 is 5.97 Å². The molecule has 24 heavy (non-hydrogen) atoms. The summed E-state index contributed by atoms with van der Waals surface area (Å²) >= 11 is 3.26. The summed E-state index contributed by atoms with van der Waals surface area (Å²) < 4.78 is 0. The van der Waals surface area contributed by atoms with Gasteiger partial charge in [0.1, 0.15) is 4.88 Å². The van der Waals surface area contributed by atoms with Crippen LogP contribution >= 0.6 is 23.1 Å². The lowest BCUT2D eigenvalue weighted by Gasteiger charge is -2.30. The van der Waals surface area contributed by atoms with Crippen LogP contribution < -0.4 is 5.32 Å². The lowest BCUT2D eigenvalue weighted by molar-refractivity contribution is 0.0702. The number of thioether (sulfide) groups is 1. The smallest absolute Gasteiger partial charge is 0.345 e. The molecule has 0 radical (unpaired) electrons. The first-order valence-corrected chi connectivity index (χ1v) is 11.4. The van der Waals surface area contributed by atoms with Gasteiger partial charge in [0.05, 0.1) is 0 Å². The van der Waals surface area contributed by atoms with E-state index in [1.165, 1.54) is 86.0 Å². The summed E-state index contributed by atoms with van der Waals surface area (Å²) in [5, 5.41) is 12.5. The van der Waals surface area contributed by atoms with Gasteiger partial charge in [-0.15, -0.1) is 11.3 Å². The molecule has 2 fully saturated rings. The Balaban J connectivity index is 0.000000143. The molecule has 0 amide bonds. The first kappa shape index (κ1) is 18.3. The third kappa shape index (κ3) is 5.24. The number of fused-ring (bicyclic) bond motifs is 1. The highest BCUT2D eigenvalue weighted by atomic mass is 32.2. The Hall–Kier alpha value is -0.520. The lowest BCUT2D eigenvalue weighted by Crippen LogP contribution is -2.40. The van der Waals surface area contributed by atoms with Crippen molar-refractivity contribution in [3.63, 3.8) is 0 Å². The number of carboxylic acid groups (broad SMARTS) is 1. The van der Waals surface area contributed by atoms with Crippen molar-refractivity contribution in [2.75, 3.05) is 0 Å². The number of thiophene rings is 1. The molecule has 0 spiro atoms. The minimum absolute atomic E-state index is 0.482. The quantitative estimate of drug-likeness (QED) is 0.747. The maximum Gasteiger partial charge on any atom is 0.345 e. The van der Waals surface area contributed by atoms with E-state index in [1.54, 1.807) is 6.07 Å². The zero-order valence-corrected chi connectivity index (χ0v) is 16.0. The number of nitrogens with one attached hydrogen (secondary N) is 1. The van der Waals surface area contributed by atoms with E-state index < -0.39 is 5.97 Å². The van der Waals surface area contributed by atoms with Crippen LogP contribution in [0.5, 0.6) is 0 Å². The van der Waals surface area contributed by atoms with Gasteiger partial charge in [-0.05, 0) is 37.3 Å². The Morgan fingerprint density at radius 2 is 1.54 bits per heavy atom. The monoisotopic (exact) mass is 367 g/mol. The molecule has 2 aliphatic carbocycles. The Labute approximate surface area is 153 Å². The molecule has 2 saturated carbocycles. The summed E-state index contributed by atoms with van der Waals surface area (Å²) in [5.41, 5.74) is 1.22. The van der Waals surface area contributed by atoms with Gasteiger partial charge in [-0.3, -0.25) is 0 Å². The average molecular weight is 368 g/mol. The van der Waals surface area contributed by atoms with Crippen molar-refractivity contribution in [1.82, 2.24) is 5.32 Å². The summed E-state index contributed by atoms with van der Waals surface area (Å²) in [5.74, 6) is 1.18. The summed E-state index contributed by atoms with van der Waals surface area (Å²) in [7, 11) is 0. The van der Waals surface area contributed by atoms with Gasteiger partial charge in [0.25, 0.3) is 0 Å². The zero-order chi connectivity index (χ0) is 16.8. The van der Waals surface area contributed by atoms with Gasteiger partial charge in [-0.25, -0.2) is 4.79 Å². The van der Waals surface area contributed by atoms with E-state index in [-0.39, 0.29) is 0 Å². The number of carboxylic acids is 1. The number of hydrogen-bond donors (Lipinski definition) is 2. The van der Waals surface area contributed by atoms with E-state index >= 15 is 0 Å². The molecule has 2 N–H and O–H groups in total. The first-order valence-electron chi connectivity index (χ1n) is 9.41. The average Bonchev–Trinajstić information content (AvgIpc) is 3.19. The van der Waals surface area contributed by atoms with E-state index in [9.17, 15) is 4.79 Å². The van der Waals surface area contributed by atoms with Crippen LogP contribution in [0, 0.1) is 0 Å². The molecule has 1 aromatic rings. The predicted molar refractivity (Wildman–Crippen MR) is 103 cm³/mol. The van der Waals surface area contributed by atoms with Gasteiger partial charge in [0.2, 0.25) is 0 Å². The van der Waals surface area contributed by atoms with E-state index in [4.69, 9.17) is 5.11 Å². The second-order valence-electron chi connectivity index (χ2n) is 7.19. The molecule has 3 aliphatic rings. The van der Waals surface area contributed by atoms with Gasteiger partial charge in [0.15, 0.2) is 0 Å². The standard InChI is InChI=1S/C12H23N.C7H6O2S2/c1-3-7-11(8-4-1)13-12-9-5-2-6-10-12;8-7(9)5-1-4-2-10-3-6(4)11-5/h11-13H,1-10H2;1H,2-3H2,(H,8,9). The Morgan fingerprint density at radius 3 is 2.04 bits per heavy atom. The SMILES string of the molecule is C1CCC(NC2CCCCC2)CC1.O=C(O)c1cc2c(s1)CSC2. The third-order valence-corrected chi connectivity index (χ3v) is 7.64. The fourth-order valence-electron chi connectivity index (χ4n) is 3.94. The Morgan fingerprint density at radius 1 is 0.958 bits per heavy atom. The molecule has 0 unspecified atom stereocenters. The van der Waals surface area contributed by atoms with Crippen LogP contribution in [0.3, 0.4) is 0 Å². The molecule has 1 aromatic heterocycles. The number of aromatic carboxylic acids is 1. The van der Waals surface area contributed by atoms with Gasteiger partial charge < -0.3 is 10.4 Å². The normalized spacial score (nSPS) is 21.8. The molecule has 4 rings (SSSR count). The molecule has 134 valence electrons. The second-order valence-corrected chi connectivity index (χ2v) is 9.32. The van der Waals surface area contributed by atoms with Crippen molar-refractivity contribution in [3.05, 3.63) is 21.4 Å². The molecule has 0 aromatic carbocycles. The van der Waals surface area contributed by atoms with Gasteiger partial charge in [0, 0.05) is 28.5 Å². The molecular formula is C19H29NO2S2. The maximum atomic E-state index is 10.5. The van der Waals surface area contributed by atoms with E-state index in [0.717, 1.165) is 23.6 Å². The van der Waals surface area contributed by atoms with Crippen molar-refractivity contribution in [1.29, 1.82) is 0 Å². The summed E-state index contributed by atoms with van der Waals surface area (Å²) in [4.78, 5) is 12.2. The van der Waals surface area contributed by atoms with Crippen LogP contribution in [-0.4, -0.2) is 23.2 Å². The van der Waals surface area contributed by atoms with Crippen LogP contribution in [0.1, 0.15) is 84.3 Å². The number of hydrogen-bond acceptors (Lipinski definition) is 4. The first-order chi connectivity index (χ1) is 11.7. The highest BCUT2D eigenvalue weighted by molar-refractivity contribution is 7.98. The largest absolute Gasteiger partial charge is 0.477 e. The Kier molecular flexibility index (Phi) is 7.05. The van der Waals surface area contributed by atoms with E-state index in [2.05, 4.69) is 5.32 Å². The highest BCUT2D eigenvalue weighted by Crippen LogP contribution is 2.36. The van der Waals surface area contributed by atoms with Crippen LogP contribution in [0.2, 0.25) is 0 Å². The minimum atomic E-state index is -0.797. The number of rotatable bonds is 3. The van der Waals surface area contributed by atoms with Crippen molar-refractivity contribution < 1.29 is 9.90 Å². The van der Waals surface area contributed by atoms with Gasteiger partial charge in [-0.1, -0.05) is 38.5 Å². The van der Waals surface area contributed by atoms with Crippen LogP contribution in [0.4, 0.5) is 0 Å². The molecule has 3 nitrogen and oxygen atoms in total. The summed E-state index contributed by atoms with van der Waals surface area (Å²) in [6.45, 7) is 0. The maximum absolute atomic E-state index is 10.5. The van der Waals surface area contributed by atoms with Crippen LogP contribution in [0.25, 0.3) is 0 Å². The molecule has 0 bridgehead atoms. The van der Waals surface area contributed by atoms with Crippen LogP contribution in [-0.2, 0) is 11.5 Å². The molecule has 0 saturated heterocycles.